The number of benzene rings is 2. The van der Waals surface area contributed by atoms with Crippen molar-refractivity contribution in [2.75, 3.05) is 146 Å². The minimum atomic E-state index is -0.366. The largest absolute Gasteiger partial charge is 0.463 e. The molecule has 0 atom stereocenters. The predicted octanol–water partition coefficient (Wildman–Crippen LogP) is 9.82. The van der Waals surface area contributed by atoms with Gasteiger partial charge in [0.05, 0.1) is 119 Å². The van der Waals surface area contributed by atoms with Crippen molar-refractivity contribution in [3.63, 3.8) is 0 Å². The van der Waals surface area contributed by atoms with Gasteiger partial charge >= 0.3 is 12.1 Å². The van der Waals surface area contributed by atoms with Gasteiger partial charge in [0.25, 0.3) is 0 Å². The van der Waals surface area contributed by atoms with Crippen LogP contribution in [0.5, 0.6) is 0 Å². The number of hydrogen-bond acceptors (Lipinski definition) is 13. The van der Waals surface area contributed by atoms with Crippen LogP contribution in [0.15, 0.2) is 48.5 Å². The minimum absolute atomic E-state index is 0.0352. The molecular formula is C54H89NO13. The van der Waals surface area contributed by atoms with Crippen molar-refractivity contribution in [2.24, 2.45) is 0 Å². The number of likely N-dealkylation sites (N-methyl/N-ethyl adjacent to an activating group) is 1. The predicted molar refractivity (Wildman–Crippen MR) is 266 cm³/mol. The molecule has 2 aromatic carbocycles. The van der Waals surface area contributed by atoms with Crippen LogP contribution in [0.4, 0.5) is 4.79 Å². The van der Waals surface area contributed by atoms with Gasteiger partial charge in [-0.3, -0.25) is 4.79 Å². The first kappa shape index (κ1) is 59.1. The van der Waals surface area contributed by atoms with Gasteiger partial charge in [-0.15, -0.1) is 0 Å². The van der Waals surface area contributed by atoms with Crippen molar-refractivity contribution >= 4 is 12.1 Å². The van der Waals surface area contributed by atoms with Gasteiger partial charge in [0.1, 0.15) is 13.2 Å². The molecule has 0 heterocycles. The topological polar surface area (TPSA) is 139 Å². The number of ether oxygens (including phenoxy) is 11. The first-order valence-electron chi connectivity index (χ1n) is 26.0. The average molecular weight is 960 g/mol. The maximum Gasteiger partial charge on any atom is 0.409 e. The van der Waals surface area contributed by atoms with Crippen LogP contribution in [0.25, 0.3) is 11.1 Å². The van der Waals surface area contributed by atoms with Crippen LogP contribution in [0.3, 0.4) is 0 Å². The second-order valence-corrected chi connectivity index (χ2v) is 17.2. The number of hydrogen-bond donors (Lipinski definition) is 0. The molecule has 0 saturated heterocycles. The van der Waals surface area contributed by atoms with Crippen molar-refractivity contribution in [2.45, 2.75) is 116 Å². The Labute approximate surface area is 409 Å². The molecule has 1 aliphatic carbocycles. The fraction of sp³-hybridized carbons (Fsp3) is 0.741. The molecule has 0 radical (unpaired) electrons. The zero-order valence-electron chi connectivity index (χ0n) is 42.1. The molecule has 0 bridgehead atoms. The number of unbranched alkanes of at least 4 members (excludes halogenated alkanes) is 14. The van der Waals surface area contributed by atoms with Crippen LogP contribution in [0.1, 0.15) is 127 Å². The van der Waals surface area contributed by atoms with Crippen LogP contribution in [-0.2, 0) is 56.9 Å². The van der Waals surface area contributed by atoms with Crippen molar-refractivity contribution in [3.8, 4) is 11.1 Å². The zero-order chi connectivity index (χ0) is 48.2. The summed E-state index contributed by atoms with van der Waals surface area (Å²) in [6.45, 7) is 11.6. The molecule has 0 aliphatic heterocycles. The highest BCUT2D eigenvalue weighted by molar-refractivity contribution is 5.79. The number of rotatable bonds is 48. The van der Waals surface area contributed by atoms with Gasteiger partial charge in [0, 0.05) is 25.9 Å². The van der Waals surface area contributed by atoms with Gasteiger partial charge in [-0.05, 0) is 28.7 Å². The smallest absolute Gasteiger partial charge is 0.409 e. The van der Waals surface area contributed by atoms with Crippen molar-refractivity contribution in [3.05, 3.63) is 59.7 Å². The number of carbonyl (C=O) groups excluding carboxylic acids is 2. The van der Waals surface area contributed by atoms with E-state index >= 15 is 0 Å². The Bertz CT molecular complexity index is 1450. The Morgan fingerprint density at radius 1 is 0.412 bits per heavy atom. The standard InChI is InChI=1S/C54H89NO13/c1-3-4-5-6-7-8-9-10-11-12-13-14-15-16-17-26-53(56)67-46-45-66-44-43-65-42-41-64-40-39-63-38-37-62-36-35-61-34-33-60-32-31-59-30-29-58-28-27-55(2)54(57)68-47-52-50-24-20-18-22-48(50)49-23-19-21-25-51(49)52/h18-25,52H,3-17,26-47H2,1-2H3. The molecule has 14 nitrogen and oxygen atoms in total. The minimum Gasteiger partial charge on any atom is -0.463 e. The SMILES string of the molecule is CCCCCCCCCCCCCCCCCC(=O)OCCOCCOCCOCCOCCOCCOCCOCCOCCOCCN(C)C(=O)OCC1c2ccccc2-c2ccccc21. The van der Waals surface area contributed by atoms with E-state index in [1.807, 2.05) is 24.3 Å². The summed E-state index contributed by atoms with van der Waals surface area (Å²) in [5, 5.41) is 0. The highest BCUT2D eigenvalue weighted by atomic mass is 16.6. The van der Waals surface area contributed by atoms with E-state index in [0.29, 0.717) is 138 Å². The normalized spacial score (nSPS) is 12.1. The maximum atomic E-state index is 12.6. The van der Waals surface area contributed by atoms with Gasteiger partial charge in [0.2, 0.25) is 0 Å². The van der Waals surface area contributed by atoms with Crippen molar-refractivity contribution < 1.29 is 61.7 Å². The molecule has 0 saturated carbocycles. The summed E-state index contributed by atoms with van der Waals surface area (Å²) in [5.74, 6) is -0.0995. The summed E-state index contributed by atoms with van der Waals surface area (Å²) in [5.41, 5.74) is 4.79. The van der Waals surface area contributed by atoms with E-state index < -0.39 is 0 Å². The summed E-state index contributed by atoms with van der Waals surface area (Å²) >= 11 is 0. The van der Waals surface area contributed by atoms with Crippen molar-refractivity contribution in [1.29, 1.82) is 0 Å². The third kappa shape index (κ3) is 29.8. The monoisotopic (exact) mass is 960 g/mol. The Morgan fingerprint density at radius 2 is 0.735 bits per heavy atom. The molecule has 3 rings (SSSR count). The number of nitrogens with zero attached hydrogens (tertiary/aromatic N) is 1. The van der Waals surface area contributed by atoms with Crippen molar-refractivity contribution in [1.82, 2.24) is 4.90 Å². The van der Waals surface area contributed by atoms with Crippen LogP contribution in [-0.4, -0.2) is 163 Å². The molecule has 1 aliphatic rings. The molecule has 388 valence electrons. The molecule has 1 amide bonds. The second kappa shape index (κ2) is 42.7. The van der Waals surface area contributed by atoms with E-state index in [-0.39, 0.29) is 24.6 Å². The molecule has 0 fully saturated rings. The van der Waals surface area contributed by atoms with Gasteiger partial charge in [-0.2, -0.15) is 0 Å². The molecule has 68 heavy (non-hydrogen) atoms. The Morgan fingerprint density at radius 3 is 1.12 bits per heavy atom. The number of fused-ring (bicyclic) bond motifs is 3. The summed E-state index contributed by atoms with van der Waals surface area (Å²) in [7, 11) is 1.72. The quantitative estimate of drug-likeness (QED) is 0.0460. The Balaban J connectivity index is 0.924. The first-order valence-corrected chi connectivity index (χ1v) is 26.0. The molecular weight excluding hydrogens is 871 g/mol. The highest BCUT2D eigenvalue weighted by Gasteiger charge is 2.29. The van der Waals surface area contributed by atoms with E-state index in [2.05, 4.69) is 31.2 Å². The first-order chi connectivity index (χ1) is 33.6. The maximum absolute atomic E-state index is 12.6. The van der Waals surface area contributed by atoms with E-state index in [1.54, 1.807) is 7.05 Å². The van der Waals surface area contributed by atoms with Gasteiger partial charge < -0.3 is 57.0 Å². The van der Waals surface area contributed by atoms with Crippen LogP contribution in [0, 0.1) is 0 Å². The lowest BCUT2D eigenvalue weighted by Crippen LogP contribution is -2.32. The lowest BCUT2D eigenvalue weighted by atomic mass is 9.98. The summed E-state index contributed by atoms with van der Waals surface area (Å²) < 4.78 is 60.9. The van der Waals surface area contributed by atoms with E-state index in [4.69, 9.17) is 52.1 Å². The second-order valence-electron chi connectivity index (χ2n) is 17.2. The van der Waals surface area contributed by atoms with E-state index in [9.17, 15) is 9.59 Å². The van der Waals surface area contributed by atoms with Gasteiger partial charge in [0.15, 0.2) is 0 Å². The summed E-state index contributed by atoms with van der Waals surface area (Å²) in [6, 6.07) is 16.6. The molecule has 14 heteroatoms. The molecule has 0 unspecified atom stereocenters. The average Bonchev–Trinajstić information content (AvgIpc) is 3.68. The summed E-state index contributed by atoms with van der Waals surface area (Å²) in [4.78, 5) is 26.1. The van der Waals surface area contributed by atoms with Crippen LogP contribution >= 0.6 is 0 Å². The number of amides is 1. The molecule has 0 spiro atoms. The Hall–Kier alpha value is -3.18. The van der Waals surface area contributed by atoms with E-state index in [0.717, 1.165) is 12.8 Å². The van der Waals surface area contributed by atoms with Gasteiger partial charge in [-0.25, -0.2) is 4.79 Å². The fourth-order valence-electron chi connectivity index (χ4n) is 7.79. The zero-order valence-corrected chi connectivity index (χ0v) is 42.1. The van der Waals surface area contributed by atoms with Crippen LogP contribution in [0.2, 0.25) is 0 Å². The lowest BCUT2D eigenvalue weighted by Gasteiger charge is -2.19. The summed E-state index contributed by atoms with van der Waals surface area (Å²) in [6.07, 6.45) is 19.8. The highest BCUT2D eigenvalue weighted by Crippen LogP contribution is 2.44. The molecule has 0 N–H and O–H groups in total. The molecule has 2 aromatic rings. The third-order valence-electron chi connectivity index (χ3n) is 11.7. The van der Waals surface area contributed by atoms with E-state index in [1.165, 1.54) is 111 Å². The number of esters is 1. The number of carbonyl (C=O) groups is 2. The fourth-order valence-corrected chi connectivity index (χ4v) is 7.79. The van der Waals surface area contributed by atoms with Crippen LogP contribution < -0.4 is 0 Å². The Kier molecular flexibility index (Phi) is 37.1. The lowest BCUT2D eigenvalue weighted by molar-refractivity contribution is -0.145. The molecule has 0 aromatic heterocycles. The van der Waals surface area contributed by atoms with Gasteiger partial charge in [-0.1, -0.05) is 145 Å². The third-order valence-corrected chi connectivity index (χ3v) is 11.7.